The van der Waals surface area contributed by atoms with Gasteiger partial charge in [-0.25, -0.2) is 8.42 Å². The minimum atomic E-state index is -3.38. The summed E-state index contributed by atoms with van der Waals surface area (Å²) in [5.74, 6) is 0.855. The Morgan fingerprint density at radius 3 is 2.44 bits per heavy atom. The molecule has 4 heteroatoms. The summed E-state index contributed by atoms with van der Waals surface area (Å²) < 4.78 is 26.7. The van der Waals surface area contributed by atoms with Crippen LogP contribution in [0.4, 0.5) is 0 Å². The summed E-state index contributed by atoms with van der Waals surface area (Å²) in [6.07, 6.45) is 5.58. The smallest absolute Gasteiger partial charge is 0.179 e. The van der Waals surface area contributed by atoms with Crippen LogP contribution in [0, 0.1) is 40.9 Å². The van der Waals surface area contributed by atoms with E-state index in [4.69, 9.17) is 0 Å². The molecule has 0 spiro atoms. The van der Waals surface area contributed by atoms with Crippen molar-refractivity contribution in [2.45, 2.75) is 77.0 Å². The van der Waals surface area contributed by atoms with Gasteiger partial charge in [0.2, 0.25) is 0 Å². The average Bonchev–Trinajstić information content (AvgIpc) is 2.55. The second-order valence-corrected chi connectivity index (χ2v) is 12.5. The first kappa shape index (κ1) is 19.0. The minimum Gasteiger partial charge on any atom is -0.224 e. The molecule has 146 valence electrons. The lowest BCUT2D eigenvalue weighted by Gasteiger charge is -2.63. The fourth-order valence-electron chi connectivity index (χ4n) is 7.31. The van der Waals surface area contributed by atoms with E-state index in [9.17, 15) is 13.7 Å². The maximum Gasteiger partial charge on any atom is 0.179 e. The second-order valence-electron chi connectivity index (χ2n) is 10.5. The van der Waals surface area contributed by atoms with Crippen LogP contribution in [0.1, 0.15) is 76.5 Å². The van der Waals surface area contributed by atoms with Gasteiger partial charge in [-0.1, -0.05) is 34.1 Å². The molecule has 0 unspecified atom stereocenters. The molecule has 1 aromatic rings. The zero-order valence-corrected chi connectivity index (χ0v) is 18.0. The molecule has 1 aromatic carbocycles. The summed E-state index contributed by atoms with van der Waals surface area (Å²) in [7, 11) is -3.38. The standard InChI is InChI=1S/C23H31NO2S/c1-15-11-16(13-24)20-17(12-15)27(25,26)14-19-22(4)9-6-8-21(2,3)18(22)7-10-23(19,20)5/h11-12,18-19H,6-10,14H2,1-5H3/t18-,19+,22-,23+/m0/s1. The first-order valence-corrected chi connectivity index (χ1v) is 11.9. The number of fused-ring (bicyclic) bond motifs is 5. The molecule has 4 atom stereocenters. The van der Waals surface area contributed by atoms with Gasteiger partial charge in [-0.2, -0.15) is 5.26 Å². The Bertz CT molecular complexity index is 955. The van der Waals surface area contributed by atoms with Gasteiger partial charge in [0.15, 0.2) is 9.84 Å². The molecule has 0 amide bonds. The van der Waals surface area contributed by atoms with Crippen LogP contribution in [0.15, 0.2) is 17.0 Å². The van der Waals surface area contributed by atoms with Crippen molar-refractivity contribution in [2.24, 2.45) is 22.7 Å². The summed E-state index contributed by atoms with van der Waals surface area (Å²) in [6, 6.07) is 6.00. The first-order chi connectivity index (χ1) is 12.5. The van der Waals surface area contributed by atoms with Crippen LogP contribution in [0.2, 0.25) is 0 Å². The van der Waals surface area contributed by atoms with Gasteiger partial charge in [0.25, 0.3) is 0 Å². The SMILES string of the molecule is Cc1cc(C#N)c2c(c1)S(=O)(=O)C[C@@H]1[C@@]3(C)CCCC(C)(C)[C@@H]3CC[C@@]21C. The predicted molar refractivity (Wildman–Crippen MR) is 107 cm³/mol. The van der Waals surface area contributed by atoms with E-state index >= 15 is 0 Å². The van der Waals surface area contributed by atoms with Crippen molar-refractivity contribution >= 4 is 9.84 Å². The average molecular weight is 386 g/mol. The maximum absolute atomic E-state index is 13.4. The lowest BCUT2D eigenvalue weighted by molar-refractivity contribution is -0.0981. The molecule has 3 aliphatic rings. The number of sulfone groups is 1. The molecule has 4 rings (SSSR count). The number of hydrogen-bond acceptors (Lipinski definition) is 3. The van der Waals surface area contributed by atoms with E-state index < -0.39 is 9.84 Å². The van der Waals surface area contributed by atoms with Crippen LogP contribution in [0.3, 0.4) is 0 Å². The van der Waals surface area contributed by atoms with Gasteiger partial charge in [-0.15, -0.1) is 0 Å². The Morgan fingerprint density at radius 2 is 1.78 bits per heavy atom. The van der Waals surface area contributed by atoms with E-state index in [2.05, 4.69) is 33.8 Å². The third kappa shape index (κ3) is 2.47. The van der Waals surface area contributed by atoms with Crippen molar-refractivity contribution in [2.75, 3.05) is 5.75 Å². The second kappa shape index (κ2) is 5.60. The summed E-state index contributed by atoms with van der Waals surface area (Å²) >= 11 is 0. The lowest BCUT2D eigenvalue weighted by Crippen LogP contribution is -2.60. The highest BCUT2D eigenvalue weighted by Gasteiger charge is 2.62. The molecular weight excluding hydrogens is 354 g/mol. The fraction of sp³-hybridized carbons (Fsp3) is 0.696. The van der Waals surface area contributed by atoms with Gasteiger partial charge in [-0.3, -0.25) is 0 Å². The van der Waals surface area contributed by atoms with E-state index in [1.807, 2.05) is 13.0 Å². The van der Waals surface area contributed by atoms with E-state index in [-0.39, 0.29) is 27.9 Å². The molecule has 2 fully saturated rings. The van der Waals surface area contributed by atoms with Crippen molar-refractivity contribution < 1.29 is 8.42 Å². The van der Waals surface area contributed by atoms with Crippen molar-refractivity contribution in [1.82, 2.24) is 0 Å². The van der Waals surface area contributed by atoms with E-state index in [0.29, 0.717) is 16.4 Å². The van der Waals surface area contributed by atoms with Crippen LogP contribution in [-0.4, -0.2) is 14.2 Å². The van der Waals surface area contributed by atoms with Crippen molar-refractivity contribution in [1.29, 1.82) is 5.26 Å². The van der Waals surface area contributed by atoms with Crippen LogP contribution >= 0.6 is 0 Å². The molecule has 2 saturated carbocycles. The molecule has 1 heterocycles. The molecule has 27 heavy (non-hydrogen) atoms. The molecule has 0 radical (unpaired) electrons. The Labute approximate surface area is 164 Å². The number of aryl methyl sites for hydroxylation is 1. The Hall–Kier alpha value is -1.34. The number of hydrogen-bond donors (Lipinski definition) is 0. The summed E-state index contributed by atoms with van der Waals surface area (Å²) in [5, 5.41) is 9.83. The molecular formula is C23H31NO2S. The fourth-order valence-corrected chi connectivity index (χ4v) is 9.69. The Kier molecular flexibility index (Phi) is 3.94. The molecule has 0 saturated heterocycles. The normalized spacial score (nSPS) is 38.8. The summed E-state index contributed by atoms with van der Waals surface area (Å²) in [5.41, 5.74) is 2.27. The third-order valence-corrected chi connectivity index (χ3v) is 10.2. The van der Waals surface area contributed by atoms with Crippen molar-refractivity contribution in [3.05, 3.63) is 28.8 Å². The lowest BCUT2D eigenvalue weighted by atomic mass is 9.42. The zero-order chi connectivity index (χ0) is 19.8. The minimum absolute atomic E-state index is 0.0110. The zero-order valence-electron chi connectivity index (χ0n) is 17.2. The largest absolute Gasteiger partial charge is 0.224 e. The van der Waals surface area contributed by atoms with Gasteiger partial charge >= 0.3 is 0 Å². The number of benzene rings is 1. The molecule has 3 nitrogen and oxygen atoms in total. The van der Waals surface area contributed by atoms with E-state index in [1.54, 1.807) is 6.07 Å². The number of nitriles is 1. The topological polar surface area (TPSA) is 57.9 Å². The summed E-state index contributed by atoms with van der Waals surface area (Å²) in [4.78, 5) is 0.426. The molecule has 0 bridgehead atoms. The number of rotatable bonds is 0. The van der Waals surface area contributed by atoms with E-state index in [1.165, 1.54) is 12.8 Å². The highest BCUT2D eigenvalue weighted by Crippen LogP contribution is 2.66. The monoisotopic (exact) mass is 385 g/mol. The Balaban J connectivity index is 1.98. The van der Waals surface area contributed by atoms with Crippen LogP contribution in [0.25, 0.3) is 0 Å². The molecule has 1 aliphatic heterocycles. The van der Waals surface area contributed by atoms with Crippen LogP contribution in [0.5, 0.6) is 0 Å². The van der Waals surface area contributed by atoms with Crippen LogP contribution in [-0.2, 0) is 15.3 Å². The van der Waals surface area contributed by atoms with Gasteiger partial charge in [0, 0.05) is 0 Å². The maximum atomic E-state index is 13.4. The van der Waals surface area contributed by atoms with Gasteiger partial charge < -0.3 is 0 Å². The molecule has 0 aromatic heterocycles. The molecule has 0 N–H and O–H groups in total. The number of nitrogens with zero attached hydrogens (tertiary/aromatic N) is 1. The van der Waals surface area contributed by atoms with Gasteiger partial charge in [0.05, 0.1) is 22.3 Å². The quantitative estimate of drug-likeness (QED) is 0.620. The van der Waals surface area contributed by atoms with Crippen molar-refractivity contribution in [3.8, 4) is 6.07 Å². The van der Waals surface area contributed by atoms with E-state index in [0.717, 1.165) is 30.4 Å². The van der Waals surface area contributed by atoms with Crippen molar-refractivity contribution in [3.63, 3.8) is 0 Å². The van der Waals surface area contributed by atoms with Gasteiger partial charge in [0.1, 0.15) is 0 Å². The summed E-state index contributed by atoms with van der Waals surface area (Å²) in [6.45, 7) is 11.2. The highest BCUT2D eigenvalue weighted by molar-refractivity contribution is 7.91. The van der Waals surface area contributed by atoms with Gasteiger partial charge in [-0.05, 0) is 83.9 Å². The Morgan fingerprint density at radius 1 is 1.07 bits per heavy atom. The third-order valence-electron chi connectivity index (χ3n) is 8.45. The predicted octanol–water partition coefficient (Wildman–Crippen LogP) is 5.15. The van der Waals surface area contributed by atoms with Crippen LogP contribution < -0.4 is 0 Å². The highest BCUT2D eigenvalue weighted by atomic mass is 32.2. The molecule has 2 aliphatic carbocycles. The first-order valence-electron chi connectivity index (χ1n) is 10.2.